The van der Waals surface area contributed by atoms with E-state index in [0.29, 0.717) is 23.7 Å². The standard InChI is InChI=1S/C31H32N2O5/c32-20-26(19-31(34)35)24-13-17-28(18-14-24)36-21-23-11-15-27(16-12-23)37-22-30(25-7-3-1-4-8-25)33-38-29-9-5-2-6-10-29/h1,3-4,7-8,11-18,22,26,29,33H,2,5-6,9-10,19,21H2,(H,34,35). The number of hydrogen-bond donors (Lipinski definition) is 2. The molecule has 0 amide bonds. The molecule has 0 aromatic heterocycles. The molecular weight excluding hydrogens is 480 g/mol. The average Bonchev–Trinajstić information content (AvgIpc) is 2.96. The van der Waals surface area contributed by atoms with Gasteiger partial charge in [-0.1, -0.05) is 73.9 Å². The molecule has 7 nitrogen and oxygen atoms in total. The molecule has 0 aliphatic heterocycles. The molecule has 1 saturated carbocycles. The van der Waals surface area contributed by atoms with Crippen LogP contribution < -0.4 is 15.0 Å². The molecule has 2 N–H and O–H groups in total. The largest absolute Gasteiger partial charge is 0.489 e. The van der Waals surface area contributed by atoms with E-state index in [1.54, 1.807) is 30.5 Å². The molecule has 0 saturated heterocycles. The van der Waals surface area contributed by atoms with Crippen LogP contribution in [-0.4, -0.2) is 17.2 Å². The fraction of sp³-hybridized carbons (Fsp3) is 0.290. The van der Waals surface area contributed by atoms with Gasteiger partial charge in [0.25, 0.3) is 0 Å². The van der Waals surface area contributed by atoms with Crippen molar-refractivity contribution in [3.63, 3.8) is 0 Å². The van der Waals surface area contributed by atoms with Gasteiger partial charge in [0.1, 0.15) is 30.1 Å². The highest BCUT2D eigenvalue weighted by molar-refractivity contribution is 5.68. The fourth-order valence-electron chi connectivity index (χ4n) is 4.27. The first-order valence-electron chi connectivity index (χ1n) is 12.9. The molecule has 3 aromatic rings. The molecule has 38 heavy (non-hydrogen) atoms. The van der Waals surface area contributed by atoms with Crippen molar-refractivity contribution in [3.8, 4) is 17.6 Å². The minimum atomic E-state index is -1.000. The summed E-state index contributed by atoms with van der Waals surface area (Å²) in [7, 11) is 0. The lowest BCUT2D eigenvalue weighted by Gasteiger charge is -2.23. The second kappa shape index (κ2) is 13.9. The van der Waals surface area contributed by atoms with E-state index in [2.05, 4.69) is 5.48 Å². The third-order valence-corrected chi connectivity index (χ3v) is 6.43. The van der Waals surface area contributed by atoms with E-state index in [0.717, 1.165) is 29.7 Å². The Hall–Kier alpha value is -4.28. The normalized spacial score (nSPS) is 14.8. The van der Waals surface area contributed by atoms with Crippen LogP contribution in [0, 0.1) is 11.3 Å². The number of nitriles is 1. The van der Waals surface area contributed by atoms with Gasteiger partial charge in [0, 0.05) is 5.56 Å². The Morgan fingerprint density at radius 3 is 2.32 bits per heavy atom. The van der Waals surface area contributed by atoms with E-state index in [1.165, 1.54) is 19.3 Å². The Morgan fingerprint density at radius 1 is 0.974 bits per heavy atom. The summed E-state index contributed by atoms with van der Waals surface area (Å²) in [6.45, 7) is 0.359. The van der Waals surface area contributed by atoms with Crippen LogP contribution in [0.1, 0.15) is 61.1 Å². The summed E-state index contributed by atoms with van der Waals surface area (Å²) in [6.07, 6.45) is 7.45. The van der Waals surface area contributed by atoms with Crippen molar-refractivity contribution < 1.29 is 24.2 Å². The summed E-state index contributed by atoms with van der Waals surface area (Å²) in [5.74, 6) is -0.354. The van der Waals surface area contributed by atoms with Gasteiger partial charge in [-0.3, -0.25) is 15.1 Å². The minimum absolute atomic E-state index is 0.212. The number of hydroxylamine groups is 1. The number of carboxylic acids is 1. The molecule has 7 heteroatoms. The summed E-state index contributed by atoms with van der Waals surface area (Å²) in [4.78, 5) is 16.9. The maximum atomic E-state index is 10.9. The SMILES string of the molecule is N#CC(CC(=O)O)c1ccc(OCc2ccc(OC=C(NOC3CCCCC3)c3ccccc3)cc2)cc1. The molecule has 1 atom stereocenters. The van der Waals surface area contributed by atoms with Crippen molar-refractivity contribution in [2.75, 3.05) is 0 Å². The van der Waals surface area contributed by atoms with Crippen molar-refractivity contribution in [1.82, 2.24) is 5.48 Å². The Bertz CT molecular complexity index is 1230. The minimum Gasteiger partial charge on any atom is -0.489 e. The van der Waals surface area contributed by atoms with Crippen molar-refractivity contribution in [2.45, 2.75) is 57.2 Å². The topological polar surface area (TPSA) is 101 Å². The molecule has 0 spiro atoms. The third-order valence-electron chi connectivity index (χ3n) is 6.43. The summed E-state index contributed by atoms with van der Waals surface area (Å²) >= 11 is 0. The van der Waals surface area contributed by atoms with E-state index >= 15 is 0 Å². The maximum Gasteiger partial charge on any atom is 0.305 e. The van der Waals surface area contributed by atoms with Gasteiger partial charge in [-0.05, 0) is 48.2 Å². The highest BCUT2D eigenvalue weighted by Crippen LogP contribution is 2.24. The molecule has 3 aromatic carbocycles. The Balaban J connectivity index is 1.32. The fourth-order valence-corrected chi connectivity index (χ4v) is 4.27. The van der Waals surface area contributed by atoms with Gasteiger partial charge in [-0.15, -0.1) is 0 Å². The molecule has 1 aliphatic carbocycles. The first-order valence-corrected chi connectivity index (χ1v) is 12.9. The molecule has 0 heterocycles. The van der Waals surface area contributed by atoms with Crippen LogP contribution in [0.3, 0.4) is 0 Å². The van der Waals surface area contributed by atoms with E-state index in [4.69, 9.17) is 19.4 Å². The van der Waals surface area contributed by atoms with Gasteiger partial charge in [-0.2, -0.15) is 5.26 Å². The lowest BCUT2D eigenvalue weighted by molar-refractivity contribution is -0.137. The third kappa shape index (κ3) is 8.12. The Kier molecular flexibility index (Phi) is 9.77. The molecule has 196 valence electrons. The van der Waals surface area contributed by atoms with Crippen molar-refractivity contribution in [1.29, 1.82) is 5.26 Å². The van der Waals surface area contributed by atoms with Crippen LogP contribution in [0.5, 0.6) is 11.5 Å². The second-order valence-corrected chi connectivity index (χ2v) is 9.28. The number of carbonyl (C=O) groups is 1. The Morgan fingerprint density at radius 2 is 1.66 bits per heavy atom. The smallest absolute Gasteiger partial charge is 0.305 e. The van der Waals surface area contributed by atoms with Gasteiger partial charge >= 0.3 is 5.97 Å². The monoisotopic (exact) mass is 512 g/mol. The van der Waals surface area contributed by atoms with Crippen LogP contribution in [0.15, 0.2) is 85.1 Å². The maximum absolute atomic E-state index is 10.9. The van der Waals surface area contributed by atoms with E-state index in [1.807, 2.05) is 60.7 Å². The van der Waals surface area contributed by atoms with Crippen LogP contribution in [0.2, 0.25) is 0 Å². The van der Waals surface area contributed by atoms with Crippen LogP contribution >= 0.6 is 0 Å². The number of rotatable bonds is 12. The molecule has 1 unspecified atom stereocenters. The number of ether oxygens (including phenoxy) is 2. The molecule has 0 radical (unpaired) electrons. The number of nitrogens with zero attached hydrogens (tertiary/aromatic N) is 1. The van der Waals surface area contributed by atoms with Gasteiger partial charge < -0.3 is 14.6 Å². The summed E-state index contributed by atoms with van der Waals surface area (Å²) < 4.78 is 11.8. The number of benzene rings is 3. The predicted molar refractivity (Wildman–Crippen MR) is 144 cm³/mol. The molecule has 4 rings (SSSR count). The second-order valence-electron chi connectivity index (χ2n) is 9.28. The highest BCUT2D eigenvalue weighted by atomic mass is 16.7. The summed E-state index contributed by atoms with van der Waals surface area (Å²) in [5, 5.41) is 18.2. The quantitative estimate of drug-likeness (QED) is 0.209. The average molecular weight is 513 g/mol. The zero-order chi connectivity index (χ0) is 26.6. The summed E-state index contributed by atoms with van der Waals surface area (Å²) in [6, 6.07) is 26.6. The van der Waals surface area contributed by atoms with Gasteiger partial charge in [0.05, 0.1) is 24.5 Å². The van der Waals surface area contributed by atoms with Gasteiger partial charge in [0.2, 0.25) is 0 Å². The van der Waals surface area contributed by atoms with Crippen LogP contribution in [0.4, 0.5) is 0 Å². The number of aliphatic carboxylic acids is 1. The first kappa shape index (κ1) is 26.8. The zero-order valence-electron chi connectivity index (χ0n) is 21.2. The lowest BCUT2D eigenvalue weighted by atomic mass is 9.97. The van der Waals surface area contributed by atoms with E-state index < -0.39 is 11.9 Å². The van der Waals surface area contributed by atoms with Gasteiger partial charge in [0.15, 0.2) is 0 Å². The van der Waals surface area contributed by atoms with Crippen LogP contribution in [0.25, 0.3) is 5.70 Å². The van der Waals surface area contributed by atoms with Crippen LogP contribution in [-0.2, 0) is 16.2 Å². The molecular formula is C31H32N2O5. The zero-order valence-corrected chi connectivity index (χ0v) is 21.2. The van der Waals surface area contributed by atoms with E-state index in [9.17, 15) is 10.1 Å². The number of hydrogen-bond acceptors (Lipinski definition) is 6. The van der Waals surface area contributed by atoms with Gasteiger partial charge in [-0.25, -0.2) is 0 Å². The van der Waals surface area contributed by atoms with Crippen molar-refractivity contribution in [3.05, 3.63) is 102 Å². The molecule has 1 fully saturated rings. The number of nitrogens with one attached hydrogen (secondary N) is 1. The summed E-state index contributed by atoms with van der Waals surface area (Å²) in [5.41, 5.74) is 6.48. The highest BCUT2D eigenvalue weighted by Gasteiger charge is 2.16. The number of carboxylic acid groups (broad SMARTS) is 1. The molecule has 0 bridgehead atoms. The lowest BCUT2D eigenvalue weighted by Crippen LogP contribution is -2.25. The van der Waals surface area contributed by atoms with Crippen molar-refractivity contribution >= 4 is 11.7 Å². The predicted octanol–water partition coefficient (Wildman–Crippen LogP) is 6.58. The molecule has 1 aliphatic rings. The van der Waals surface area contributed by atoms with Crippen molar-refractivity contribution in [2.24, 2.45) is 0 Å². The Labute approximate surface area is 223 Å². The van der Waals surface area contributed by atoms with E-state index in [-0.39, 0.29) is 12.5 Å². The first-order chi connectivity index (χ1) is 18.6.